The summed E-state index contributed by atoms with van der Waals surface area (Å²) in [5.41, 5.74) is 2.84. The van der Waals surface area contributed by atoms with E-state index in [0.29, 0.717) is 6.04 Å². The van der Waals surface area contributed by atoms with E-state index in [4.69, 9.17) is 0 Å². The zero-order chi connectivity index (χ0) is 13.1. The summed E-state index contributed by atoms with van der Waals surface area (Å²) in [4.78, 5) is 4.90. The molecule has 3 rings (SSSR count). The van der Waals surface area contributed by atoms with Gasteiger partial charge < -0.3 is 15.1 Å². The Bertz CT molecular complexity index is 387. The van der Waals surface area contributed by atoms with Crippen LogP contribution in [0.2, 0.25) is 0 Å². The fourth-order valence-electron chi connectivity index (χ4n) is 3.12. The molecule has 104 valence electrons. The largest absolute Gasteiger partial charge is 0.369 e. The van der Waals surface area contributed by atoms with Crippen LogP contribution in [-0.4, -0.2) is 44.7 Å². The molecule has 1 aromatic rings. The van der Waals surface area contributed by atoms with Gasteiger partial charge in [0.1, 0.15) is 0 Å². The first kappa shape index (κ1) is 12.9. The summed E-state index contributed by atoms with van der Waals surface area (Å²) in [6.07, 6.45) is 3.97. The predicted octanol–water partition coefficient (Wildman–Crippen LogP) is 2.25. The van der Waals surface area contributed by atoms with Crippen molar-refractivity contribution in [3.8, 4) is 0 Å². The van der Waals surface area contributed by atoms with Crippen LogP contribution in [0.3, 0.4) is 0 Å². The maximum atomic E-state index is 3.62. The van der Waals surface area contributed by atoms with Crippen molar-refractivity contribution >= 4 is 5.69 Å². The standard InChI is InChI=1S/C16H25N3/c1-18-10-12-19(13-11-18)15-7-5-14(6-8-15)16-4-2-3-9-17-16/h5-8,16-17H,2-4,9-13H2,1H3/t16-/m0/s1. The number of hydrogen-bond acceptors (Lipinski definition) is 3. The molecule has 0 unspecified atom stereocenters. The molecule has 0 aromatic heterocycles. The van der Waals surface area contributed by atoms with Crippen LogP contribution in [0.25, 0.3) is 0 Å². The minimum atomic E-state index is 0.579. The summed E-state index contributed by atoms with van der Waals surface area (Å²) in [7, 11) is 2.20. The molecule has 2 heterocycles. The minimum Gasteiger partial charge on any atom is -0.369 e. The van der Waals surface area contributed by atoms with E-state index in [1.54, 1.807) is 0 Å². The second-order valence-electron chi connectivity index (χ2n) is 5.88. The summed E-state index contributed by atoms with van der Waals surface area (Å²) < 4.78 is 0. The molecule has 2 aliphatic heterocycles. The Morgan fingerprint density at radius 1 is 1.00 bits per heavy atom. The van der Waals surface area contributed by atoms with Crippen LogP contribution in [-0.2, 0) is 0 Å². The summed E-state index contributed by atoms with van der Waals surface area (Å²) in [6, 6.07) is 9.82. The van der Waals surface area contributed by atoms with Crippen molar-refractivity contribution in [3.63, 3.8) is 0 Å². The van der Waals surface area contributed by atoms with E-state index in [9.17, 15) is 0 Å². The summed E-state index contributed by atoms with van der Waals surface area (Å²) in [5.74, 6) is 0. The van der Waals surface area contributed by atoms with E-state index < -0.39 is 0 Å². The van der Waals surface area contributed by atoms with Gasteiger partial charge in [-0.05, 0) is 44.1 Å². The third-order valence-electron chi connectivity index (χ3n) is 4.47. The maximum absolute atomic E-state index is 3.62. The van der Waals surface area contributed by atoms with Crippen molar-refractivity contribution in [1.29, 1.82) is 0 Å². The van der Waals surface area contributed by atoms with Crippen molar-refractivity contribution in [2.45, 2.75) is 25.3 Å². The van der Waals surface area contributed by atoms with Gasteiger partial charge in [-0.15, -0.1) is 0 Å². The van der Waals surface area contributed by atoms with Crippen molar-refractivity contribution in [2.24, 2.45) is 0 Å². The third-order valence-corrected chi connectivity index (χ3v) is 4.47. The molecule has 0 saturated carbocycles. The molecule has 0 bridgehead atoms. The van der Waals surface area contributed by atoms with Gasteiger partial charge >= 0.3 is 0 Å². The first-order valence-corrected chi connectivity index (χ1v) is 7.60. The van der Waals surface area contributed by atoms with Gasteiger partial charge in [0.25, 0.3) is 0 Å². The number of likely N-dealkylation sites (N-methyl/N-ethyl adjacent to an activating group) is 1. The molecular weight excluding hydrogens is 234 g/mol. The Balaban J connectivity index is 1.65. The van der Waals surface area contributed by atoms with Crippen LogP contribution in [0.1, 0.15) is 30.9 Å². The van der Waals surface area contributed by atoms with Crippen molar-refractivity contribution in [2.75, 3.05) is 44.7 Å². The molecule has 1 atom stereocenters. The van der Waals surface area contributed by atoms with E-state index in [1.165, 1.54) is 50.1 Å². The molecule has 1 N–H and O–H groups in total. The average molecular weight is 259 g/mol. The fraction of sp³-hybridized carbons (Fsp3) is 0.625. The summed E-state index contributed by atoms with van der Waals surface area (Å²) in [6.45, 7) is 5.82. The molecule has 0 spiro atoms. The van der Waals surface area contributed by atoms with Crippen molar-refractivity contribution in [1.82, 2.24) is 10.2 Å². The molecule has 1 aromatic carbocycles. The normalized spacial score (nSPS) is 25.5. The second-order valence-corrected chi connectivity index (χ2v) is 5.88. The lowest BCUT2D eigenvalue weighted by Gasteiger charge is -2.34. The maximum Gasteiger partial charge on any atom is 0.0367 e. The first-order chi connectivity index (χ1) is 9.33. The van der Waals surface area contributed by atoms with Gasteiger partial charge in [0.2, 0.25) is 0 Å². The number of piperazine rings is 1. The summed E-state index contributed by atoms with van der Waals surface area (Å²) >= 11 is 0. The van der Waals surface area contributed by atoms with E-state index >= 15 is 0 Å². The number of nitrogens with zero attached hydrogens (tertiary/aromatic N) is 2. The average Bonchev–Trinajstić information content (AvgIpc) is 2.49. The van der Waals surface area contributed by atoms with Crippen LogP contribution < -0.4 is 10.2 Å². The molecule has 2 fully saturated rings. The SMILES string of the molecule is CN1CCN(c2ccc([C@@H]3CCCCN3)cc2)CC1. The van der Waals surface area contributed by atoms with Gasteiger partial charge in [-0.3, -0.25) is 0 Å². The molecule has 2 aliphatic rings. The smallest absolute Gasteiger partial charge is 0.0367 e. The number of nitrogens with one attached hydrogen (secondary N) is 1. The van der Waals surface area contributed by atoms with E-state index in [0.717, 1.165) is 13.1 Å². The van der Waals surface area contributed by atoms with Crippen LogP contribution >= 0.6 is 0 Å². The van der Waals surface area contributed by atoms with E-state index in [1.807, 2.05) is 0 Å². The number of piperidine rings is 1. The topological polar surface area (TPSA) is 18.5 Å². The van der Waals surface area contributed by atoms with Gasteiger partial charge in [0.15, 0.2) is 0 Å². The fourth-order valence-corrected chi connectivity index (χ4v) is 3.12. The van der Waals surface area contributed by atoms with E-state index in [-0.39, 0.29) is 0 Å². The van der Waals surface area contributed by atoms with Gasteiger partial charge in [-0.1, -0.05) is 18.6 Å². The number of hydrogen-bond donors (Lipinski definition) is 1. The molecular formula is C16H25N3. The van der Waals surface area contributed by atoms with Crippen LogP contribution in [0.4, 0.5) is 5.69 Å². The zero-order valence-electron chi connectivity index (χ0n) is 11.9. The van der Waals surface area contributed by atoms with Crippen LogP contribution in [0.5, 0.6) is 0 Å². The van der Waals surface area contributed by atoms with Gasteiger partial charge in [-0.2, -0.15) is 0 Å². The Morgan fingerprint density at radius 2 is 1.74 bits per heavy atom. The van der Waals surface area contributed by atoms with Gasteiger partial charge in [0.05, 0.1) is 0 Å². The quantitative estimate of drug-likeness (QED) is 0.879. The number of rotatable bonds is 2. The second kappa shape index (κ2) is 5.93. The molecule has 3 heteroatoms. The highest BCUT2D eigenvalue weighted by atomic mass is 15.2. The van der Waals surface area contributed by atoms with Crippen LogP contribution in [0, 0.1) is 0 Å². The number of anilines is 1. The number of benzene rings is 1. The zero-order valence-corrected chi connectivity index (χ0v) is 11.9. The lowest BCUT2D eigenvalue weighted by Crippen LogP contribution is -2.44. The van der Waals surface area contributed by atoms with E-state index in [2.05, 4.69) is 46.4 Å². The predicted molar refractivity (Wildman–Crippen MR) is 80.7 cm³/mol. The Morgan fingerprint density at radius 3 is 2.37 bits per heavy atom. The minimum absolute atomic E-state index is 0.579. The Kier molecular flexibility index (Phi) is 4.04. The lowest BCUT2D eigenvalue weighted by atomic mass is 9.97. The Labute approximate surface area is 116 Å². The lowest BCUT2D eigenvalue weighted by molar-refractivity contribution is 0.313. The van der Waals surface area contributed by atoms with Gasteiger partial charge in [0, 0.05) is 37.9 Å². The van der Waals surface area contributed by atoms with Crippen molar-refractivity contribution < 1.29 is 0 Å². The molecule has 3 nitrogen and oxygen atoms in total. The van der Waals surface area contributed by atoms with Crippen LogP contribution in [0.15, 0.2) is 24.3 Å². The monoisotopic (exact) mass is 259 g/mol. The Hall–Kier alpha value is -1.06. The summed E-state index contributed by atoms with van der Waals surface area (Å²) in [5, 5.41) is 3.62. The van der Waals surface area contributed by atoms with Crippen molar-refractivity contribution in [3.05, 3.63) is 29.8 Å². The van der Waals surface area contributed by atoms with Gasteiger partial charge in [-0.25, -0.2) is 0 Å². The highest BCUT2D eigenvalue weighted by molar-refractivity contribution is 5.48. The molecule has 0 amide bonds. The first-order valence-electron chi connectivity index (χ1n) is 7.60. The molecule has 19 heavy (non-hydrogen) atoms. The highest BCUT2D eigenvalue weighted by Crippen LogP contribution is 2.25. The molecule has 0 aliphatic carbocycles. The molecule has 2 saturated heterocycles. The highest BCUT2D eigenvalue weighted by Gasteiger charge is 2.16. The third kappa shape index (κ3) is 3.10. The molecule has 0 radical (unpaired) electrons.